The molecule has 0 bridgehead atoms. The van der Waals surface area contributed by atoms with Crippen molar-refractivity contribution in [1.82, 2.24) is 9.97 Å². The van der Waals surface area contributed by atoms with Crippen molar-refractivity contribution in [3.8, 4) is 0 Å². The predicted molar refractivity (Wildman–Crippen MR) is 63.0 cm³/mol. The SMILES string of the molecule is Clc1cccc(CSc2ccncc2)n1. The van der Waals surface area contributed by atoms with E-state index < -0.39 is 0 Å². The molecule has 76 valence electrons. The minimum atomic E-state index is 0.544. The van der Waals surface area contributed by atoms with Gasteiger partial charge in [0.25, 0.3) is 0 Å². The van der Waals surface area contributed by atoms with Gasteiger partial charge in [0.1, 0.15) is 5.15 Å². The van der Waals surface area contributed by atoms with Crippen molar-refractivity contribution in [3.05, 3.63) is 53.6 Å². The Morgan fingerprint density at radius 3 is 2.67 bits per heavy atom. The largest absolute Gasteiger partial charge is 0.265 e. The quantitative estimate of drug-likeness (QED) is 0.603. The van der Waals surface area contributed by atoms with Crippen LogP contribution < -0.4 is 0 Å². The minimum absolute atomic E-state index is 0.544. The Morgan fingerprint density at radius 1 is 1.13 bits per heavy atom. The van der Waals surface area contributed by atoms with Crippen LogP contribution in [0.4, 0.5) is 0 Å². The zero-order valence-corrected chi connectivity index (χ0v) is 9.50. The maximum Gasteiger partial charge on any atom is 0.129 e. The molecule has 0 amide bonds. The van der Waals surface area contributed by atoms with E-state index in [4.69, 9.17) is 11.6 Å². The number of pyridine rings is 2. The van der Waals surface area contributed by atoms with Crippen molar-refractivity contribution in [2.45, 2.75) is 10.6 Å². The molecule has 0 aliphatic heterocycles. The molecule has 0 N–H and O–H groups in total. The lowest BCUT2D eigenvalue weighted by atomic mass is 10.4. The third-order valence-corrected chi connectivity index (χ3v) is 3.07. The van der Waals surface area contributed by atoms with Crippen LogP contribution in [0.2, 0.25) is 5.15 Å². The fourth-order valence-corrected chi connectivity index (χ4v) is 2.09. The van der Waals surface area contributed by atoms with Gasteiger partial charge in [-0.15, -0.1) is 11.8 Å². The average Bonchev–Trinajstić information content (AvgIpc) is 2.28. The molecule has 4 heteroatoms. The number of rotatable bonds is 3. The van der Waals surface area contributed by atoms with Gasteiger partial charge in [0, 0.05) is 23.0 Å². The number of halogens is 1. The smallest absolute Gasteiger partial charge is 0.129 e. The molecule has 15 heavy (non-hydrogen) atoms. The zero-order chi connectivity index (χ0) is 10.5. The van der Waals surface area contributed by atoms with E-state index in [1.165, 1.54) is 4.90 Å². The Morgan fingerprint density at radius 2 is 1.93 bits per heavy atom. The van der Waals surface area contributed by atoms with Gasteiger partial charge in [-0.25, -0.2) is 4.98 Å². The third-order valence-electron chi connectivity index (χ3n) is 1.81. The van der Waals surface area contributed by atoms with Crippen LogP contribution in [0.15, 0.2) is 47.6 Å². The van der Waals surface area contributed by atoms with Crippen molar-refractivity contribution in [2.24, 2.45) is 0 Å². The van der Waals surface area contributed by atoms with Gasteiger partial charge < -0.3 is 0 Å². The van der Waals surface area contributed by atoms with Crippen molar-refractivity contribution in [1.29, 1.82) is 0 Å². The molecule has 0 saturated carbocycles. The molecule has 0 atom stereocenters. The van der Waals surface area contributed by atoms with Crippen LogP contribution >= 0.6 is 23.4 Å². The van der Waals surface area contributed by atoms with Gasteiger partial charge in [-0.05, 0) is 24.3 Å². The van der Waals surface area contributed by atoms with Crippen molar-refractivity contribution >= 4 is 23.4 Å². The number of nitrogens with zero attached hydrogens (tertiary/aromatic N) is 2. The van der Waals surface area contributed by atoms with Crippen LogP contribution in [0.5, 0.6) is 0 Å². The van der Waals surface area contributed by atoms with E-state index >= 15 is 0 Å². The molecular formula is C11H9ClN2S. The second-order valence-electron chi connectivity index (χ2n) is 2.92. The molecule has 2 aromatic rings. The maximum absolute atomic E-state index is 5.80. The lowest BCUT2D eigenvalue weighted by Gasteiger charge is -2.00. The van der Waals surface area contributed by atoms with E-state index in [2.05, 4.69) is 9.97 Å². The highest BCUT2D eigenvalue weighted by Gasteiger charge is 1.97. The first-order valence-corrected chi connectivity index (χ1v) is 5.85. The molecule has 0 spiro atoms. The van der Waals surface area contributed by atoms with Crippen molar-refractivity contribution in [3.63, 3.8) is 0 Å². The minimum Gasteiger partial charge on any atom is -0.265 e. The molecule has 2 nitrogen and oxygen atoms in total. The topological polar surface area (TPSA) is 25.8 Å². The Hall–Kier alpha value is -1.06. The molecule has 0 aliphatic carbocycles. The highest BCUT2D eigenvalue weighted by molar-refractivity contribution is 7.98. The van der Waals surface area contributed by atoms with E-state index in [1.807, 2.05) is 24.3 Å². The summed E-state index contributed by atoms with van der Waals surface area (Å²) < 4.78 is 0. The number of hydrogen-bond acceptors (Lipinski definition) is 3. The number of hydrogen-bond donors (Lipinski definition) is 0. The molecule has 0 fully saturated rings. The highest BCUT2D eigenvalue weighted by Crippen LogP contribution is 2.21. The summed E-state index contributed by atoms with van der Waals surface area (Å²) in [4.78, 5) is 9.37. The first-order chi connectivity index (χ1) is 7.34. The van der Waals surface area contributed by atoms with E-state index in [-0.39, 0.29) is 0 Å². The Labute approximate surface area is 97.7 Å². The highest BCUT2D eigenvalue weighted by atomic mass is 35.5. The average molecular weight is 237 g/mol. The molecule has 2 rings (SSSR count). The summed E-state index contributed by atoms with van der Waals surface area (Å²) in [7, 11) is 0. The third kappa shape index (κ3) is 3.22. The summed E-state index contributed by atoms with van der Waals surface area (Å²) in [6.45, 7) is 0. The van der Waals surface area contributed by atoms with Crippen molar-refractivity contribution in [2.75, 3.05) is 0 Å². The van der Waals surface area contributed by atoms with Crippen LogP contribution in [-0.2, 0) is 5.75 Å². The van der Waals surface area contributed by atoms with Crippen LogP contribution in [0, 0.1) is 0 Å². The fraction of sp³-hybridized carbons (Fsp3) is 0.0909. The number of aromatic nitrogens is 2. The summed E-state index contributed by atoms with van der Waals surface area (Å²) in [6.07, 6.45) is 3.57. The predicted octanol–water partition coefficient (Wildman–Crippen LogP) is 3.42. The van der Waals surface area contributed by atoms with Gasteiger partial charge in [0.15, 0.2) is 0 Å². The summed E-state index contributed by atoms with van der Waals surface area (Å²) >= 11 is 7.52. The van der Waals surface area contributed by atoms with Crippen LogP contribution in [0.3, 0.4) is 0 Å². The van der Waals surface area contributed by atoms with Gasteiger partial charge in [0.05, 0.1) is 5.69 Å². The first-order valence-electron chi connectivity index (χ1n) is 4.49. The van der Waals surface area contributed by atoms with Gasteiger partial charge in [0.2, 0.25) is 0 Å². The second-order valence-corrected chi connectivity index (χ2v) is 4.36. The molecule has 0 unspecified atom stereocenters. The lowest BCUT2D eigenvalue weighted by Crippen LogP contribution is -1.86. The molecular weight excluding hydrogens is 228 g/mol. The molecule has 2 aromatic heterocycles. The van der Waals surface area contributed by atoms with Gasteiger partial charge in [-0.1, -0.05) is 17.7 Å². The summed E-state index contributed by atoms with van der Waals surface area (Å²) in [5.41, 5.74) is 0.990. The van der Waals surface area contributed by atoms with Gasteiger partial charge in [-0.2, -0.15) is 0 Å². The molecule has 0 radical (unpaired) electrons. The van der Waals surface area contributed by atoms with E-state index in [1.54, 1.807) is 30.2 Å². The van der Waals surface area contributed by atoms with Gasteiger partial charge >= 0.3 is 0 Å². The standard InChI is InChI=1S/C11H9ClN2S/c12-11-3-1-2-9(14-11)8-15-10-4-6-13-7-5-10/h1-7H,8H2. The first kappa shape index (κ1) is 10.5. The van der Waals surface area contributed by atoms with E-state index in [0.29, 0.717) is 5.15 Å². The van der Waals surface area contributed by atoms with E-state index in [0.717, 1.165) is 11.4 Å². The maximum atomic E-state index is 5.80. The van der Waals surface area contributed by atoms with Gasteiger partial charge in [-0.3, -0.25) is 4.98 Å². The van der Waals surface area contributed by atoms with Crippen LogP contribution in [0.25, 0.3) is 0 Å². The summed E-state index contributed by atoms with van der Waals surface area (Å²) in [6, 6.07) is 9.63. The molecule has 0 saturated heterocycles. The lowest BCUT2D eigenvalue weighted by molar-refractivity contribution is 1.17. The number of thioether (sulfide) groups is 1. The normalized spacial score (nSPS) is 10.2. The molecule has 0 aromatic carbocycles. The van der Waals surface area contributed by atoms with E-state index in [9.17, 15) is 0 Å². The Bertz CT molecular complexity index is 434. The van der Waals surface area contributed by atoms with Crippen molar-refractivity contribution < 1.29 is 0 Å². The second kappa shape index (κ2) is 5.14. The molecule has 2 heterocycles. The monoisotopic (exact) mass is 236 g/mol. The summed E-state index contributed by atoms with van der Waals surface area (Å²) in [5.74, 6) is 0.824. The summed E-state index contributed by atoms with van der Waals surface area (Å²) in [5, 5.41) is 0.544. The molecule has 0 aliphatic rings. The van der Waals surface area contributed by atoms with Crippen LogP contribution in [-0.4, -0.2) is 9.97 Å². The Balaban J connectivity index is 1.99. The Kier molecular flexibility index (Phi) is 3.59. The van der Waals surface area contributed by atoms with Crippen LogP contribution in [0.1, 0.15) is 5.69 Å². The zero-order valence-electron chi connectivity index (χ0n) is 7.93. The fourth-order valence-electron chi connectivity index (χ4n) is 1.12.